The van der Waals surface area contributed by atoms with Gasteiger partial charge in [0.15, 0.2) is 0 Å². The van der Waals surface area contributed by atoms with Crippen LogP contribution in [0.3, 0.4) is 0 Å². The molecule has 7 nitrogen and oxygen atoms in total. The Labute approximate surface area is 147 Å². The van der Waals surface area contributed by atoms with Gasteiger partial charge in [-0.15, -0.1) is 0 Å². The van der Waals surface area contributed by atoms with Gasteiger partial charge in [0.2, 0.25) is 5.52 Å². The lowest BCUT2D eigenvalue weighted by Gasteiger charge is -2.38. The average molecular weight is 387 g/mol. The van der Waals surface area contributed by atoms with E-state index in [0.717, 1.165) is 12.8 Å². The lowest BCUT2D eigenvalue weighted by molar-refractivity contribution is 0.151. The molecule has 0 aliphatic rings. The first-order valence-corrected chi connectivity index (χ1v) is 12.1. The van der Waals surface area contributed by atoms with Gasteiger partial charge in [0, 0.05) is 0 Å². The molecule has 0 aliphatic heterocycles. The first-order chi connectivity index (χ1) is 11.4. The minimum atomic E-state index is -3.71. The molecular weight excluding hydrogens is 352 g/mol. The van der Waals surface area contributed by atoms with E-state index < -0.39 is 20.7 Å². The summed E-state index contributed by atoms with van der Waals surface area (Å²) in [6.07, 6.45) is 1.62. The smallest absolute Gasteiger partial charge is 0.307 e. The van der Waals surface area contributed by atoms with Crippen LogP contribution in [-0.2, 0) is 27.2 Å². The molecule has 0 radical (unpaired) electrons. The molecule has 0 saturated carbocycles. The average Bonchev–Trinajstić information content (AvgIpc) is 2.48. The Morgan fingerprint density at radius 1 is 0.667 bits per heavy atom. The van der Waals surface area contributed by atoms with E-state index >= 15 is 0 Å². The SMILES string of the molecule is CCCN(CCC)C(P(=O)(OCC)OCC)P(=O)(OCC)OCC. The molecule has 0 saturated heterocycles. The second-order valence-electron chi connectivity index (χ2n) is 5.13. The molecule has 0 fully saturated rings. The Morgan fingerprint density at radius 2 is 0.958 bits per heavy atom. The van der Waals surface area contributed by atoms with Crippen molar-refractivity contribution in [3.05, 3.63) is 0 Å². The lowest BCUT2D eigenvalue weighted by Crippen LogP contribution is -2.38. The zero-order valence-electron chi connectivity index (χ0n) is 16.0. The van der Waals surface area contributed by atoms with Crippen molar-refractivity contribution in [2.24, 2.45) is 0 Å². The van der Waals surface area contributed by atoms with Crippen LogP contribution in [0.15, 0.2) is 0 Å². The van der Waals surface area contributed by atoms with Gasteiger partial charge in [-0.3, -0.25) is 14.0 Å². The molecule has 0 bridgehead atoms. The lowest BCUT2D eigenvalue weighted by atomic mass is 10.4. The van der Waals surface area contributed by atoms with Crippen LogP contribution in [0.1, 0.15) is 54.4 Å². The molecule has 24 heavy (non-hydrogen) atoms. The Balaban J connectivity index is 6.11. The Morgan fingerprint density at radius 3 is 1.17 bits per heavy atom. The maximum atomic E-state index is 13.5. The van der Waals surface area contributed by atoms with Gasteiger partial charge in [-0.1, -0.05) is 13.8 Å². The summed E-state index contributed by atoms with van der Waals surface area (Å²) in [5.74, 6) is 0. The van der Waals surface area contributed by atoms with Crippen LogP contribution in [0.25, 0.3) is 0 Å². The maximum Gasteiger partial charge on any atom is 0.360 e. The predicted molar refractivity (Wildman–Crippen MR) is 97.7 cm³/mol. The van der Waals surface area contributed by atoms with Crippen LogP contribution in [-0.4, -0.2) is 49.9 Å². The minimum absolute atomic E-state index is 0.193. The van der Waals surface area contributed by atoms with Crippen molar-refractivity contribution in [3.8, 4) is 0 Å². The van der Waals surface area contributed by atoms with Crippen molar-refractivity contribution in [1.82, 2.24) is 4.90 Å². The van der Waals surface area contributed by atoms with Crippen molar-refractivity contribution in [1.29, 1.82) is 0 Å². The van der Waals surface area contributed by atoms with Crippen molar-refractivity contribution in [3.63, 3.8) is 0 Å². The van der Waals surface area contributed by atoms with E-state index in [1.54, 1.807) is 27.7 Å². The summed E-state index contributed by atoms with van der Waals surface area (Å²) in [7, 11) is -7.43. The van der Waals surface area contributed by atoms with E-state index in [0.29, 0.717) is 13.1 Å². The molecule has 9 heteroatoms. The van der Waals surface area contributed by atoms with E-state index in [1.165, 1.54) is 0 Å². The van der Waals surface area contributed by atoms with E-state index in [1.807, 2.05) is 18.7 Å². The Hall–Kier alpha value is 0.260. The molecule has 0 atom stereocenters. The standard InChI is InChI=1S/C15H35NO6P2/c1-7-13-16(14-8-2)15(23(17,19-9-3)20-10-4)24(18,21-11-5)22-12-6/h15H,7-14H2,1-6H3. The highest BCUT2D eigenvalue weighted by atomic mass is 31.2. The van der Waals surface area contributed by atoms with E-state index in [9.17, 15) is 9.13 Å². The third-order valence-electron chi connectivity index (χ3n) is 3.15. The first kappa shape index (κ1) is 24.3. The monoisotopic (exact) mass is 387 g/mol. The topological polar surface area (TPSA) is 74.3 Å². The van der Waals surface area contributed by atoms with Crippen LogP contribution in [0.2, 0.25) is 0 Å². The van der Waals surface area contributed by atoms with Crippen LogP contribution in [0.5, 0.6) is 0 Å². The van der Waals surface area contributed by atoms with Crippen LogP contribution >= 0.6 is 15.2 Å². The number of nitrogens with zero attached hydrogens (tertiary/aromatic N) is 1. The van der Waals surface area contributed by atoms with Gasteiger partial charge in [0.1, 0.15) is 0 Å². The Kier molecular flexibility index (Phi) is 12.7. The first-order valence-electron chi connectivity index (χ1n) is 8.90. The molecule has 0 unspecified atom stereocenters. The fourth-order valence-corrected chi connectivity index (χ4v) is 8.12. The molecule has 0 aliphatic carbocycles. The van der Waals surface area contributed by atoms with Gasteiger partial charge in [0.05, 0.1) is 26.4 Å². The van der Waals surface area contributed by atoms with E-state index in [2.05, 4.69) is 0 Å². The third kappa shape index (κ3) is 6.87. The summed E-state index contributed by atoms with van der Waals surface area (Å²) in [6, 6.07) is 0. The highest BCUT2D eigenvalue weighted by molar-refractivity contribution is 7.72. The predicted octanol–water partition coefficient (Wildman–Crippen LogP) is 4.92. The molecule has 0 spiro atoms. The zero-order valence-corrected chi connectivity index (χ0v) is 17.8. The molecule has 0 aromatic rings. The molecular formula is C15H35NO6P2. The molecule has 0 N–H and O–H groups in total. The van der Waals surface area contributed by atoms with Crippen molar-refractivity contribution >= 4 is 15.2 Å². The molecule has 0 rings (SSSR count). The summed E-state index contributed by atoms with van der Waals surface area (Å²) >= 11 is 0. The fraction of sp³-hybridized carbons (Fsp3) is 1.00. The highest BCUT2D eigenvalue weighted by Crippen LogP contribution is 2.71. The molecule has 0 aromatic carbocycles. The van der Waals surface area contributed by atoms with E-state index in [4.69, 9.17) is 18.1 Å². The summed E-state index contributed by atoms with van der Waals surface area (Å²) < 4.78 is 49.0. The molecule has 0 aromatic heterocycles. The summed E-state index contributed by atoms with van der Waals surface area (Å²) in [5.41, 5.74) is -1.05. The minimum Gasteiger partial charge on any atom is -0.307 e. The van der Waals surface area contributed by atoms with Gasteiger partial charge in [-0.2, -0.15) is 0 Å². The third-order valence-corrected chi connectivity index (χ3v) is 9.10. The Bertz CT molecular complexity index is 365. The molecule has 146 valence electrons. The van der Waals surface area contributed by atoms with Gasteiger partial charge in [-0.25, -0.2) is 0 Å². The number of rotatable bonds is 15. The quantitative estimate of drug-likeness (QED) is 0.369. The summed E-state index contributed by atoms with van der Waals surface area (Å²) in [6.45, 7) is 12.9. The van der Waals surface area contributed by atoms with Gasteiger partial charge >= 0.3 is 15.2 Å². The van der Waals surface area contributed by atoms with Gasteiger partial charge < -0.3 is 18.1 Å². The largest absolute Gasteiger partial charge is 0.360 e. The van der Waals surface area contributed by atoms with Crippen LogP contribution in [0.4, 0.5) is 0 Å². The normalized spacial score (nSPS) is 13.2. The molecule has 0 amide bonds. The van der Waals surface area contributed by atoms with Gasteiger partial charge in [-0.05, 0) is 53.6 Å². The van der Waals surface area contributed by atoms with Crippen LogP contribution in [0, 0.1) is 0 Å². The van der Waals surface area contributed by atoms with Gasteiger partial charge in [0.25, 0.3) is 0 Å². The fourth-order valence-electron chi connectivity index (χ4n) is 2.55. The molecule has 0 heterocycles. The highest BCUT2D eigenvalue weighted by Gasteiger charge is 2.53. The number of hydrogen-bond donors (Lipinski definition) is 0. The number of hydrogen-bond acceptors (Lipinski definition) is 7. The maximum absolute atomic E-state index is 13.5. The van der Waals surface area contributed by atoms with E-state index in [-0.39, 0.29) is 26.4 Å². The van der Waals surface area contributed by atoms with Crippen LogP contribution < -0.4 is 0 Å². The van der Waals surface area contributed by atoms with Crippen molar-refractivity contribution < 1.29 is 27.2 Å². The second kappa shape index (κ2) is 12.6. The van der Waals surface area contributed by atoms with Crippen molar-refractivity contribution in [2.75, 3.05) is 39.5 Å². The zero-order chi connectivity index (χ0) is 18.6. The second-order valence-corrected chi connectivity index (χ2v) is 9.71. The summed E-state index contributed by atoms with van der Waals surface area (Å²) in [4.78, 5) is 1.87. The van der Waals surface area contributed by atoms with Crippen molar-refractivity contribution in [2.45, 2.75) is 59.9 Å². The summed E-state index contributed by atoms with van der Waals surface area (Å²) in [5, 5.41) is 0.